The summed E-state index contributed by atoms with van der Waals surface area (Å²) in [6.07, 6.45) is 0.0357. The average molecular weight is 374 g/mol. The number of alkyl halides is 1. The maximum atomic E-state index is 14.5. The van der Waals surface area contributed by atoms with Crippen LogP contribution in [0.3, 0.4) is 0 Å². The summed E-state index contributed by atoms with van der Waals surface area (Å²) in [5.41, 5.74) is 0.603. The maximum Gasteiger partial charge on any atom is 0.410 e. The van der Waals surface area contributed by atoms with Crippen LogP contribution in [0.15, 0.2) is 35.9 Å². The van der Waals surface area contributed by atoms with E-state index in [4.69, 9.17) is 4.74 Å². The molecule has 1 saturated heterocycles. The van der Waals surface area contributed by atoms with E-state index in [2.05, 4.69) is 0 Å². The third-order valence-corrected chi connectivity index (χ3v) is 4.52. The fourth-order valence-electron chi connectivity index (χ4n) is 3.16. The Morgan fingerprint density at radius 3 is 2.33 bits per heavy atom. The van der Waals surface area contributed by atoms with E-state index in [9.17, 15) is 18.8 Å². The number of fused-ring (bicyclic) bond motifs is 1. The van der Waals surface area contributed by atoms with Gasteiger partial charge in [0.2, 0.25) is 0 Å². The van der Waals surface area contributed by atoms with Gasteiger partial charge in [0.05, 0.1) is 17.7 Å². The van der Waals surface area contributed by atoms with Crippen LogP contribution in [0.5, 0.6) is 0 Å². The molecule has 0 aliphatic carbocycles. The molecular formula is C20H23FN2O4. The Balaban J connectivity index is 1.62. The zero-order valence-corrected chi connectivity index (χ0v) is 15.7. The number of rotatable bonds is 2. The summed E-state index contributed by atoms with van der Waals surface area (Å²) >= 11 is 0. The Morgan fingerprint density at radius 2 is 1.81 bits per heavy atom. The minimum absolute atomic E-state index is 0.0224. The number of hydrogen-bond donors (Lipinski definition) is 0. The molecule has 3 amide bonds. The fraction of sp³-hybridized carbons (Fsp3) is 0.450. The first-order valence-electron chi connectivity index (χ1n) is 8.93. The van der Waals surface area contributed by atoms with Crippen molar-refractivity contribution in [3.63, 3.8) is 0 Å². The van der Waals surface area contributed by atoms with Crippen LogP contribution in [-0.4, -0.2) is 59.1 Å². The Bertz CT molecular complexity index is 777. The van der Waals surface area contributed by atoms with Gasteiger partial charge in [0.15, 0.2) is 0 Å². The van der Waals surface area contributed by atoms with Gasteiger partial charge in [0.25, 0.3) is 11.8 Å². The van der Waals surface area contributed by atoms with Gasteiger partial charge in [-0.1, -0.05) is 18.2 Å². The quantitative estimate of drug-likeness (QED) is 0.589. The molecule has 0 spiro atoms. The molecule has 1 unspecified atom stereocenters. The minimum atomic E-state index is -1.35. The van der Waals surface area contributed by atoms with E-state index in [-0.39, 0.29) is 24.9 Å². The van der Waals surface area contributed by atoms with Crippen molar-refractivity contribution in [2.75, 3.05) is 19.6 Å². The Morgan fingerprint density at radius 1 is 1.22 bits per heavy atom. The molecule has 0 radical (unpaired) electrons. The highest BCUT2D eigenvalue weighted by molar-refractivity contribution is 6.21. The van der Waals surface area contributed by atoms with Crippen molar-refractivity contribution in [1.29, 1.82) is 0 Å². The van der Waals surface area contributed by atoms with Crippen LogP contribution in [0.25, 0.3) is 0 Å². The number of carbonyl (C=O) groups excluding carboxylic acids is 3. The van der Waals surface area contributed by atoms with Crippen LogP contribution in [-0.2, 0) is 4.74 Å². The van der Waals surface area contributed by atoms with Crippen LogP contribution in [0.4, 0.5) is 9.18 Å². The molecule has 3 rings (SSSR count). The highest BCUT2D eigenvalue weighted by Crippen LogP contribution is 2.25. The van der Waals surface area contributed by atoms with E-state index < -0.39 is 17.9 Å². The van der Waals surface area contributed by atoms with Gasteiger partial charge in [0.1, 0.15) is 11.8 Å². The molecule has 0 bridgehead atoms. The third kappa shape index (κ3) is 4.02. The van der Waals surface area contributed by atoms with Crippen LogP contribution in [0.2, 0.25) is 0 Å². The van der Waals surface area contributed by atoms with Crippen molar-refractivity contribution in [1.82, 2.24) is 9.80 Å². The van der Waals surface area contributed by atoms with Gasteiger partial charge in [-0.05, 0) is 44.9 Å². The Kier molecular flexibility index (Phi) is 5.04. The van der Waals surface area contributed by atoms with Crippen molar-refractivity contribution in [2.24, 2.45) is 0 Å². The molecule has 1 aromatic carbocycles. The number of benzene rings is 1. The molecule has 2 aliphatic heterocycles. The van der Waals surface area contributed by atoms with Crippen molar-refractivity contribution in [3.05, 3.63) is 47.0 Å². The van der Waals surface area contributed by atoms with Crippen LogP contribution >= 0.6 is 0 Å². The normalized spacial score (nSPS) is 21.6. The smallest absolute Gasteiger partial charge is 0.410 e. The van der Waals surface area contributed by atoms with Crippen molar-refractivity contribution < 1.29 is 23.5 Å². The topological polar surface area (TPSA) is 66.9 Å². The standard InChI is InChI=1S/C20H23FN2O4/c1-20(2,3)27-19(26)22-10-8-13(16(21)12-22)9-11-23-17(24)14-6-4-5-7-15(14)18(23)25/h4-7,9,16H,8,10-12H2,1-3H3/b13-9+. The number of likely N-dealkylation sites (tertiary alicyclic amines) is 1. The molecule has 2 aliphatic rings. The van der Waals surface area contributed by atoms with E-state index in [1.54, 1.807) is 51.1 Å². The lowest BCUT2D eigenvalue weighted by Gasteiger charge is -2.33. The van der Waals surface area contributed by atoms with Gasteiger partial charge in [0, 0.05) is 13.1 Å². The van der Waals surface area contributed by atoms with Gasteiger partial charge in [-0.2, -0.15) is 0 Å². The zero-order chi connectivity index (χ0) is 19.8. The third-order valence-electron chi connectivity index (χ3n) is 4.52. The van der Waals surface area contributed by atoms with Crippen LogP contribution < -0.4 is 0 Å². The second-order valence-electron chi connectivity index (χ2n) is 7.69. The largest absolute Gasteiger partial charge is 0.444 e. The molecule has 0 aromatic heterocycles. The summed E-state index contributed by atoms with van der Waals surface area (Å²) in [4.78, 5) is 39.2. The van der Waals surface area contributed by atoms with E-state index in [0.717, 1.165) is 4.90 Å². The molecule has 0 saturated carbocycles. The first-order chi connectivity index (χ1) is 12.7. The zero-order valence-electron chi connectivity index (χ0n) is 15.7. The van der Waals surface area contributed by atoms with Crippen molar-refractivity contribution in [3.8, 4) is 0 Å². The fourth-order valence-corrected chi connectivity index (χ4v) is 3.16. The second-order valence-corrected chi connectivity index (χ2v) is 7.69. The van der Waals surface area contributed by atoms with E-state index >= 15 is 0 Å². The molecule has 2 heterocycles. The van der Waals surface area contributed by atoms with Crippen molar-refractivity contribution in [2.45, 2.75) is 39.0 Å². The number of carbonyl (C=O) groups is 3. The summed E-state index contributed by atoms with van der Waals surface area (Å²) in [5, 5.41) is 0. The van der Waals surface area contributed by atoms with Crippen LogP contribution in [0, 0.1) is 0 Å². The number of hydrogen-bond acceptors (Lipinski definition) is 4. The Labute approximate surface area is 157 Å². The summed E-state index contributed by atoms with van der Waals surface area (Å²) in [5.74, 6) is -0.733. The lowest BCUT2D eigenvalue weighted by Crippen LogP contribution is -2.44. The summed E-state index contributed by atoms with van der Waals surface area (Å²) in [6.45, 7) is 5.54. The van der Waals surface area contributed by atoms with Gasteiger partial charge in [-0.3, -0.25) is 14.5 Å². The minimum Gasteiger partial charge on any atom is -0.444 e. The SMILES string of the molecule is CC(C)(C)OC(=O)N1CC/C(=C\CN2C(=O)c3ccccc3C2=O)C(F)C1. The molecule has 1 aromatic rings. The lowest BCUT2D eigenvalue weighted by atomic mass is 10.0. The van der Waals surface area contributed by atoms with Crippen molar-refractivity contribution >= 4 is 17.9 Å². The highest BCUT2D eigenvalue weighted by Gasteiger charge is 2.35. The molecule has 1 atom stereocenters. The molecule has 7 heteroatoms. The molecule has 6 nitrogen and oxygen atoms in total. The maximum absolute atomic E-state index is 14.5. The molecule has 27 heavy (non-hydrogen) atoms. The first kappa shape index (κ1) is 19.1. The van der Waals surface area contributed by atoms with Gasteiger partial charge in [-0.15, -0.1) is 0 Å². The summed E-state index contributed by atoms with van der Waals surface area (Å²) < 4.78 is 19.8. The summed E-state index contributed by atoms with van der Waals surface area (Å²) in [6, 6.07) is 6.63. The van der Waals surface area contributed by atoms with E-state index in [0.29, 0.717) is 29.7 Å². The lowest BCUT2D eigenvalue weighted by molar-refractivity contribution is 0.0185. The number of piperidine rings is 1. The molecular weight excluding hydrogens is 351 g/mol. The molecule has 1 fully saturated rings. The number of ether oxygens (including phenoxy) is 1. The summed E-state index contributed by atoms with van der Waals surface area (Å²) in [7, 11) is 0. The number of imide groups is 1. The number of amides is 3. The second kappa shape index (κ2) is 7.13. The monoisotopic (exact) mass is 374 g/mol. The van der Waals surface area contributed by atoms with Crippen LogP contribution in [0.1, 0.15) is 47.9 Å². The highest BCUT2D eigenvalue weighted by atomic mass is 19.1. The van der Waals surface area contributed by atoms with E-state index in [1.165, 1.54) is 4.90 Å². The average Bonchev–Trinajstić information content (AvgIpc) is 2.84. The van der Waals surface area contributed by atoms with Gasteiger partial charge < -0.3 is 9.64 Å². The number of halogens is 1. The van der Waals surface area contributed by atoms with Gasteiger partial charge >= 0.3 is 6.09 Å². The van der Waals surface area contributed by atoms with Gasteiger partial charge in [-0.25, -0.2) is 9.18 Å². The number of nitrogens with zero attached hydrogens (tertiary/aromatic N) is 2. The molecule has 144 valence electrons. The predicted molar refractivity (Wildman–Crippen MR) is 97.2 cm³/mol. The van der Waals surface area contributed by atoms with E-state index in [1.807, 2.05) is 0 Å². The Hall–Kier alpha value is -2.70. The predicted octanol–water partition coefficient (Wildman–Crippen LogP) is 3.19. The molecule has 0 N–H and O–H groups in total. The first-order valence-corrected chi connectivity index (χ1v) is 8.93.